The maximum Gasteiger partial charge on any atom is 0.251 e. The fraction of sp³-hybridized carbons (Fsp3) is 0.304. The van der Waals surface area contributed by atoms with E-state index in [0.29, 0.717) is 11.6 Å². The average molecular weight is 426 g/mol. The van der Waals surface area contributed by atoms with E-state index in [1.807, 2.05) is 30.0 Å². The molecule has 1 N–H and O–H groups in total. The molecule has 1 fully saturated rings. The molecule has 0 aliphatic carbocycles. The maximum atomic E-state index is 14.5. The van der Waals surface area contributed by atoms with Crippen LogP contribution in [0.3, 0.4) is 0 Å². The highest BCUT2D eigenvalue weighted by Gasteiger charge is 2.46. The van der Waals surface area contributed by atoms with E-state index in [2.05, 4.69) is 4.98 Å². The van der Waals surface area contributed by atoms with E-state index < -0.39 is 11.9 Å². The van der Waals surface area contributed by atoms with Gasteiger partial charge in [0.15, 0.2) is 0 Å². The zero-order chi connectivity index (χ0) is 21.2. The second-order valence-corrected chi connectivity index (χ2v) is 8.55. The molecule has 3 heterocycles. The first-order chi connectivity index (χ1) is 14.3. The molecule has 2 unspecified atom stereocenters. The number of nitrogens with one attached hydrogen (secondary N) is 1. The Labute approximate surface area is 178 Å². The van der Waals surface area contributed by atoms with Crippen molar-refractivity contribution < 1.29 is 14.0 Å². The molecule has 1 saturated heterocycles. The summed E-state index contributed by atoms with van der Waals surface area (Å²) in [6.07, 6.45) is 0.800. The maximum absolute atomic E-state index is 14.5. The number of nitrogens with zero attached hydrogens (tertiary/aromatic N) is 2. The predicted octanol–water partition coefficient (Wildman–Crippen LogP) is 4.52. The quantitative estimate of drug-likeness (QED) is 0.614. The van der Waals surface area contributed by atoms with Crippen molar-refractivity contribution in [1.82, 2.24) is 9.88 Å². The first-order valence-corrected chi connectivity index (χ1v) is 10.4. The van der Waals surface area contributed by atoms with Crippen LogP contribution >= 0.6 is 11.6 Å². The molecule has 5 nitrogen and oxygen atoms in total. The van der Waals surface area contributed by atoms with Crippen LogP contribution in [0.15, 0.2) is 36.4 Å². The lowest BCUT2D eigenvalue weighted by molar-refractivity contribution is -0.123. The first kappa shape index (κ1) is 19.3. The zero-order valence-electron chi connectivity index (χ0n) is 16.7. The topological polar surface area (TPSA) is 56.4 Å². The average Bonchev–Trinajstić information content (AvgIpc) is 3.20. The van der Waals surface area contributed by atoms with Gasteiger partial charge < -0.3 is 4.98 Å². The van der Waals surface area contributed by atoms with Gasteiger partial charge in [0.05, 0.1) is 18.2 Å². The number of H-pyrrole nitrogens is 1. The molecule has 30 heavy (non-hydrogen) atoms. The molecule has 2 aliphatic heterocycles. The lowest BCUT2D eigenvalue weighted by Gasteiger charge is -2.36. The molecule has 0 saturated carbocycles. The van der Waals surface area contributed by atoms with Gasteiger partial charge in [-0.05, 0) is 61.7 Å². The summed E-state index contributed by atoms with van der Waals surface area (Å²) in [5.41, 5.74) is 4.02. The molecule has 0 radical (unpaired) electrons. The van der Waals surface area contributed by atoms with Gasteiger partial charge in [0.2, 0.25) is 5.91 Å². The molecule has 3 aromatic rings. The molecular formula is C23H21ClFN3O2. The fourth-order valence-electron chi connectivity index (χ4n) is 4.81. The number of aromatic amines is 1. The van der Waals surface area contributed by atoms with Crippen molar-refractivity contribution in [3.63, 3.8) is 0 Å². The summed E-state index contributed by atoms with van der Waals surface area (Å²) in [6.45, 7) is 4.44. The van der Waals surface area contributed by atoms with E-state index in [9.17, 15) is 14.0 Å². The number of halogens is 2. The Hall–Kier alpha value is -2.70. The standard InChI is InChI=1S/C23H21ClFN3O2/c1-12-3-6-19(17(25)9-12)28-21(29)11-20(23(28)30)27-8-7-15-16-10-14(24)4-5-18(16)26-22(15)13(27)2/h3-6,9-10,13,20,26H,7-8,11H2,1-2H3. The van der Waals surface area contributed by atoms with Crippen molar-refractivity contribution in [3.8, 4) is 0 Å². The smallest absolute Gasteiger partial charge is 0.251 e. The summed E-state index contributed by atoms with van der Waals surface area (Å²) in [5.74, 6) is -1.29. The number of benzene rings is 2. The van der Waals surface area contributed by atoms with Crippen molar-refractivity contribution in [2.75, 3.05) is 11.4 Å². The summed E-state index contributed by atoms with van der Waals surface area (Å²) in [5, 5.41) is 1.79. The number of rotatable bonds is 2. The number of carbonyl (C=O) groups is 2. The fourth-order valence-corrected chi connectivity index (χ4v) is 4.99. The van der Waals surface area contributed by atoms with Gasteiger partial charge in [0.25, 0.3) is 5.91 Å². The van der Waals surface area contributed by atoms with Crippen LogP contribution < -0.4 is 4.90 Å². The highest BCUT2D eigenvalue weighted by molar-refractivity contribution is 6.31. The first-order valence-electron chi connectivity index (χ1n) is 10.0. The van der Waals surface area contributed by atoms with Gasteiger partial charge in [0.1, 0.15) is 5.82 Å². The molecule has 2 atom stereocenters. The summed E-state index contributed by atoms with van der Waals surface area (Å²) < 4.78 is 14.5. The summed E-state index contributed by atoms with van der Waals surface area (Å²) in [7, 11) is 0. The number of anilines is 1. The molecule has 2 aromatic carbocycles. The van der Waals surface area contributed by atoms with Crippen LogP contribution in [0.25, 0.3) is 10.9 Å². The third kappa shape index (κ3) is 2.86. The summed E-state index contributed by atoms with van der Waals surface area (Å²) in [4.78, 5) is 32.4. The van der Waals surface area contributed by atoms with E-state index >= 15 is 0 Å². The van der Waals surface area contributed by atoms with Crippen LogP contribution in [0.1, 0.15) is 36.2 Å². The Kier molecular flexibility index (Phi) is 4.45. The predicted molar refractivity (Wildman–Crippen MR) is 114 cm³/mol. The molecule has 0 spiro atoms. The number of imide groups is 1. The van der Waals surface area contributed by atoms with Gasteiger partial charge in [0, 0.05) is 34.2 Å². The molecular weight excluding hydrogens is 405 g/mol. The SMILES string of the molecule is Cc1ccc(N2C(=O)CC(N3CCc4c([nH]c5ccc(Cl)cc45)C3C)C2=O)c(F)c1. The highest BCUT2D eigenvalue weighted by Crippen LogP contribution is 2.39. The Morgan fingerprint density at radius 1 is 1.17 bits per heavy atom. The lowest BCUT2D eigenvalue weighted by Crippen LogP contribution is -2.46. The highest BCUT2D eigenvalue weighted by atomic mass is 35.5. The second-order valence-electron chi connectivity index (χ2n) is 8.11. The minimum absolute atomic E-state index is 0.0312. The van der Waals surface area contributed by atoms with Crippen molar-refractivity contribution in [2.24, 2.45) is 0 Å². The molecule has 0 bridgehead atoms. The number of fused-ring (bicyclic) bond motifs is 3. The van der Waals surface area contributed by atoms with Crippen LogP contribution in [0, 0.1) is 12.7 Å². The van der Waals surface area contributed by atoms with Gasteiger partial charge >= 0.3 is 0 Å². The van der Waals surface area contributed by atoms with Gasteiger partial charge in [-0.3, -0.25) is 14.5 Å². The number of aromatic nitrogens is 1. The second kappa shape index (κ2) is 6.93. The third-order valence-corrected chi connectivity index (χ3v) is 6.54. The van der Waals surface area contributed by atoms with E-state index in [0.717, 1.165) is 33.5 Å². The third-order valence-electron chi connectivity index (χ3n) is 6.30. The monoisotopic (exact) mass is 425 g/mol. The number of amides is 2. The van der Waals surface area contributed by atoms with Crippen LogP contribution in [0.4, 0.5) is 10.1 Å². The molecule has 2 aliphatic rings. The van der Waals surface area contributed by atoms with Crippen LogP contribution in [-0.4, -0.2) is 34.3 Å². The Morgan fingerprint density at radius 3 is 2.73 bits per heavy atom. The summed E-state index contributed by atoms with van der Waals surface area (Å²) >= 11 is 6.18. The summed E-state index contributed by atoms with van der Waals surface area (Å²) in [6, 6.07) is 9.64. The van der Waals surface area contributed by atoms with Crippen molar-refractivity contribution >= 4 is 40.0 Å². The van der Waals surface area contributed by atoms with E-state index in [1.165, 1.54) is 17.7 Å². The van der Waals surface area contributed by atoms with E-state index in [1.54, 1.807) is 13.0 Å². The Morgan fingerprint density at radius 2 is 1.97 bits per heavy atom. The van der Waals surface area contributed by atoms with Gasteiger partial charge in [-0.25, -0.2) is 9.29 Å². The van der Waals surface area contributed by atoms with E-state index in [4.69, 9.17) is 11.6 Å². The Balaban J connectivity index is 1.47. The van der Waals surface area contributed by atoms with Crippen molar-refractivity contribution in [3.05, 3.63) is 64.1 Å². The number of hydrogen-bond donors (Lipinski definition) is 1. The minimum Gasteiger partial charge on any atom is -0.357 e. The lowest BCUT2D eigenvalue weighted by atomic mass is 9.96. The number of carbonyl (C=O) groups excluding carboxylic acids is 2. The number of aryl methyl sites for hydroxylation is 1. The van der Waals surface area contributed by atoms with E-state index in [-0.39, 0.29) is 30.0 Å². The molecule has 1 aromatic heterocycles. The van der Waals surface area contributed by atoms with Crippen LogP contribution in [0.5, 0.6) is 0 Å². The zero-order valence-corrected chi connectivity index (χ0v) is 17.5. The number of hydrogen-bond acceptors (Lipinski definition) is 3. The molecule has 154 valence electrons. The van der Waals surface area contributed by atoms with Crippen LogP contribution in [0.2, 0.25) is 5.02 Å². The van der Waals surface area contributed by atoms with Crippen molar-refractivity contribution in [2.45, 2.75) is 38.8 Å². The van der Waals surface area contributed by atoms with Gasteiger partial charge in [-0.15, -0.1) is 0 Å². The van der Waals surface area contributed by atoms with Gasteiger partial charge in [-0.1, -0.05) is 17.7 Å². The van der Waals surface area contributed by atoms with Gasteiger partial charge in [-0.2, -0.15) is 0 Å². The molecule has 7 heteroatoms. The minimum atomic E-state index is -0.601. The normalized spacial score (nSPS) is 22.2. The molecule has 5 rings (SSSR count). The largest absolute Gasteiger partial charge is 0.357 e. The Bertz CT molecular complexity index is 1200. The molecule has 2 amide bonds. The van der Waals surface area contributed by atoms with Crippen molar-refractivity contribution in [1.29, 1.82) is 0 Å². The van der Waals surface area contributed by atoms with Crippen LogP contribution in [-0.2, 0) is 16.0 Å².